The minimum absolute atomic E-state index is 0.179. The quantitative estimate of drug-likeness (QED) is 0.483. The average molecular weight is 520 g/mol. The van der Waals surface area contributed by atoms with Crippen molar-refractivity contribution in [1.29, 1.82) is 0 Å². The molecule has 0 unspecified atom stereocenters. The first kappa shape index (κ1) is 25.5. The number of carbonyl (C=O) groups excluding carboxylic acids is 1. The highest BCUT2D eigenvalue weighted by atomic mass is 32.2. The third kappa shape index (κ3) is 5.80. The molecule has 190 valence electrons. The topological polar surface area (TPSA) is 92.9 Å². The molecule has 0 saturated heterocycles. The third-order valence-electron chi connectivity index (χ3n) is 5.92. The van der Waals surface area contributed by atoms with E-state index < -0.39 is 33.7 Å². The Morgan fingerprint density at radius 2 is 1.47 bits per heavy atom. The number of benzene rings is 3. The Kier molecular flexibility index (Phi) is 6.96. The molecule has 0 spiro atoms. The minimum atomic E-state index is -4.45. The van der Waals surface area contributed by atoms with Gasteiger partial charge in [0, 0.05) is 13.1 Å². The third-order valence-corrected chi connectivity index (χ3v) is 7.08. The first-order valence-electron chi connectivity index (χ1n) is 10.9. The first-order valence-corrected chi connectivity index (χ1v) is 12.8. The van der Waals surface area contributed by atoms with E-state index >= 15 is 0 Å². The van der Waals surface area contributed by atoms with Gasteiger partial charge >= 0.3 is 6.18 Å². The van der Waals surface area contributed by atoms with Gasteiger partial charge in [-0.25, -0.2) is 8.42 Å². The molecule has 1 amide bonds. The number of amides is 1. The second-order valence-corrected chi connectivity index (χ2v) is 10.4. The van der Waals surface area contributed by atoms with Crippen molar-refractivity contribution < 1.29 is 31.1 Å². The smallest absolute Gasteiger partial charge is 0.416 e. The van der Waals surface area contributed by atoms with Crippen molar-refractivity contribution >= 4 is 21.6 Å². The Morgan fingerprint density at radius 3 is 1.92 bits per heavy atom. The zero-order valence-electron chi connectivity index (χ0n) is 19.3. The molecular weight excluding hydrogens is 495 g/mol. The predicted octanol–water partition coefficient (Wildman–Crippen LogP) is 4.13. The van der Waals surface area contributed by atoms with Crippen LogP contribution in [0, 0.1) is 0 Å². The van der Waals surface area contributed by atoms with Gasteiger partial charge in [0.25, 0.3) is 0 Å². The summed E-state index contributed by atoms with van der Waals surface area (Å²) >= 11 is 0. The molecule has 11 heteroatoms. The van der Waals surface area contributed by atoms with Crippen LogP contribution in [-0.2, 0) is 34.1 Å². The summed E-state index contributed by atoms with van der Waals surface area (Å²) in [4.78, 5) is 14.2. The molecule has 3 aromatic carbocycles. The van der Waals surface area contributed by atoms with Gasteiger partial charge < -0.3 is 10.5 Å². The second kappa shape index (κ2) is 9.82. The Balaban J connectivity index is 1.51. The van der Waals surface area contributed by atoms with Gasteiger partial charge in [-0.2, -0.15) is 13.2 Å². The van der Waals surface area contributed by atoms with E-state index in [-0.39, 0.29) is 12.3 Å². The van der Waals surface area contributed by atoms with Crippen molar-refractivity contribution in [2.75, 3.05) is 17.1 Å². The van der Waals surface area contributed by atoms with Crippen molar-refractivity contribution in [3.8, 4) is 11.5 Å². The SMILES string of the molecule is CS(=O)(=O)N(C[C@@H](C(N)=O)N1Cc2ccccc2C1)c1ccc(Oc2ccc(C(F)(F)F)cc2)cc1. The minimum Gasteiger partial charge on any atom is -0.457 e. The summed E-state index contributed by atoms with van der Waals surface area (Å²) in [5, 5.41) is 0. The molecule has 0 saturated carbocycles. The van der Waals surface area contributed by atoms with Crippen molar-refractivity contribution in [1.82, 2.24) is 4.90 Å². The van der Waals surface area contributed by atoms with E-state index in [9.17, 15) is 26.4 Å². The Labute approximate surface area is 206 Å². The number of hydrogen-bond acceptors (Lipinski definition) is 5. The van der Waals surface area contributed by atoms with Gasteiger partial charge in [-0.15, -0.1) is 0 Å². The lowest BCUT2D eigenvalue weighted by atomic mass is 10.1. The number of rotatable bonds is 8. The molecule has 1 heterocycles. The Hall–Kier alpha value is -3.57. The standard InChI is InChI=1S/C25H24F3N3O4S/c1-36(33,34)31(16-23(24(29)32)30-14-17-4-2-3-5-18(17)15-30)20-8-12-22(13-9-20)35-21-10-6-19(7-11-21)25(26,27)28/h2-13,23H,14-16H2,1H3,(H2,29,32)/t23-/m0/s1. The fourth-order valence-electron chi connectivity index (χ4n) is 4.08. The van der Waals surface area contributed by atoms with E-state index in [1.54, 1.807) is 0 Å². The number of fused-ring (bicyclic) bond motifs is 1. The van der Waals surface area contributed by atoms with Crippen molar-refractivity contribution in [2.45, 2.75) is 25.3 Å². The largest absolute Gasteiger partial charge is 0.457 e. The molecular formula is C25H24F3N3O4S. The molecule has 7 nitrogen and oxygen atoms in total. The van der Waals surface area contributed by atoms with Gasteiger partial charge in [0.15, 0.2) is 0 Å². The first-order chi connectivity index (χ1) is 16.9. The fourth-order valence-corrected chi connectivity index (χ4v) is 5.00. The van der Waals surface area contributed by atoms with Gasteiger partial charge in [0.1, 0.15) is 17.5 Å². The highest BCUT2D eigenvalue weighted by Gasteiger charge is 2.33. The summed E-state index contributed by atoms with van der Waals surface area (Å²) in [5.74, 6) is -0.148. The van der Waals surface area contributed by atoms with Gasteiger partial charge in [-0.3, -0.25) is 14.0 Å². The van der Waals surface area contributed by atoms with Crippen LogP contribution in [0.5, 0.6) is 11.5 Å². The monoisotopic (exact) mass is 519 g/mol. The molecule has 4 rings (SSSR count). The van der Waals surface area contributed by atoms with Crippen molar-refractivity contribution in [3.05, 3.63) is 89.5 Å². The fraction of sp³-hybridized carbons (Fsp3) is 0.240. The second-order valence-electron chi connectivity index (χ2n) is 8.50. The molecule has 2 N–H and O–H groups in total. The summed E-state index contributed by atoms with van der Waals surface area (Å²) in [6.07, 6.45) is -3.41. The molecule has 0 aromatic heterocycles. The maximum atomic E-state index is 12.7. The molecule has 3 aromatic rings. The van der Waals surface area contributed by atoms with Crippen LogP contribution >= 0.6 is 0 Å². The number of nitrogens with zero attached hydrogens (tertiary/aromatic N) is 2. The summed E-state index contributed by atoms with van der Waals surface area (Å²) in [5.41, 5.74) is 7.29. The van der Waals surface area contributed by atoms with E-state index in [4.69, 9.17) is 10.5 Å². The summed E-state index contributed by atoms with van der Waals surface area (Å²) in [6.45, 7) is 0.768. The summed E-state index contributed by atoms with van der Waals surface area (Å²) in [7, 11) is -3.78. The maximum Gasteiger partial charge on any atom is 0.416 e. The number of alkyl halides is 3. The lowest BCUT2D eigenvalue weighted by Gasteiger charge is -2.31. The zero-order chi connectivity index (χ0) is 26.1. The van der Waals surface area contributed by atoms with E-state index in [0.717, 1.165) is 33.8 Å². The van der Waals surface area contributed by atoms with E-state index in [2.05, 4.69) is 0 Å². The predicted molar refractivity (Wildman–Crippen MR) is 129 cm³/mol. The average Bonchev–Trinajstić information content (AvgIpc) is 3.23. The molecule has 1 aliphatic rings. The highest BCUT2D eigenvalue weighted by Crippen LogP contribution is 2.32. The zero-order valence-corrected chi connectivity index (χ0v) is 20.1. The number of carbonyl (C=O) groups is 1. The maximum absolute atomic E-state index is 12.7. The summed E-state index contributed by atoms with van der Waals surface area (Å²) in [6, 6.07) is 17.1. The van der Waals surface area contributed by atoms with Crippen LogP contribution in [0.1, 0.15) is 16.7 Å². The van der Waals surface area contributed by atoms with Crippen molar-refractivity contribution in [2.24, 2.45) is 5.73 Å². The van der Waals surface area contributed by atoms with Crippen LogP contribution in [-0.4, -0.2) is 38.1 Å². The molecule has 0 aliphatic carbocycles. The highest BCUT2D eigenvalue weighted by molar-refractivity contribution is 7.92. The Bertz CT molecular complexity index is 1320. The lowest BCUT2D eigenvalue weighted by Crippen LogP contribution is -2.50. The van der Waals surface area contributed by atoms with Crippen molar-refractivity contribution in [3.63, 3.8) is 0 Å². The number of sulfonamides is 1. The summed E-state index contributed by atoms with van der Waals surface area (Å²) < 4.78 is 70.2. The van der Waals surface area contributed by atoms with Crippen LogP contribution in [0.25, 0.3) is 0 Å². The number of ether oxygens (including phenoxy) is 1. The molecule has 0 bridgehead atoms. The molecule has 0 fully saturated rings. The van der Waals surface area contributed by atoms with Crippen LogP contribution in [0.2, 0.25) is 0 Å². The van der Waals surface area contributed by atoms with Gasteiger partial charge in [-0.1, -0.05) is 24.3 Å². The number of anilines is 1. The van der Waals surface area contributed by atoms with Gasteiger partial charge in [0.05, 0.1) is 24.1 Å². The normalized spacial score (nSPS) is 14.8. The molecule has 1 aliphatic heterocycles. The van der Waals surface area contributed by atoms with E-state index in [1.807, 2.05) is 29.2 Å². The van der Waals surface area contributed by atoms with Crippen LogP contribution in [0.3, 0.4) is 0 Å². The Morgan fingerprint density at radius 1 is 0.972 bits per heavy atom. The lowest BCUT2D eigenvalue weighted by molar-refractivity contribution is -0.137. The van der Waals surface area contributed by atoms with Crippen LogP contribution in [0.15, 0.2) is 72.8 Å². The van der Waals surface area contributed by atoms with E-state index in [0.29, 0.717) is 24.5 Å². The number of nitrogens with two attached hydrogens (primary N) is 1. The van der Waals surface area contributed by atoms with E-state index in [1.165, 1.54) is 36.4 Å². The number of halogens is 3. The van der Waals surface area contributed by atoms with Crippen LogP contribution < -0.4 is 14.8 Å². The molecule has 36 heavy (non-hydrogen) atoms. The number of hydrogen-bond donors (Lipinski definition) is 1. The molecule has 1 atom stereocenters. The molecule has 0 radical (unpaired) electrons. The van der Waals surface area contributed by atoms with Gasteiger partial charge in [-0.05, 0) is 59.7 Å². The number of primary amides is 1. The van der Waals surface area contributed by atoms with Gasteiger partial charge in [0.2, 0.25) is 15.9 Å². The van der Waals surface area contributed by atoms with Crippen LogP contribution in [0.4, 0.5) is 18.9 Å².